The highest BCUT2D eigenvalue weighted by Crippen LogP contribution is 2.28. The van der Waals surface area contributed by atoms with Crippen LogP contribution in [0.5, 0.6) is 5.75 Å². The van der Waals surface area contributed by atoms with Crippen LogP contribution in [0.25, 0.3) is 0 Å². The van der Waals surface area contributed by atoms with Gasteiger partial charge in [-0.2, -0.15) is 5.26 Å². The van der Waals surface area contributed by atoms with Gasteiger partial charge in [0.15, 0.2) is 9.84 Å². The molecule has 0 radical (unpaired) electrons. The van der Waals surface area contributed by atoms with Crippen LogP contribution >= 0.6 is 11.6 Å². The predicted molar refractivity (Wildman–Crippen MR) is 115 cm³/mol. The summed E-state index contributed by atoms with van der Waals surface area (Å²) < 4.78 is 29.0. The number of benzene rings is 2. The number of sulfone groups is 1. The van der Waals surface area contributed by atoms with Gasteiger partial charge in [0.2, 0.25) is 0 Å². The molecule has 1 heterocycles. The van der Waals surface area contributed by atoms with Crippen LogP contribution in [-0.2, 0) is 9.84 Å². The first-order valence-electron chi connectivity index (χ1n) is 9.69. The summed E-state index contributed by atoms with van der Waals surface area (Å²) in [7, 11) is -3.22. The Hall–Kier alpha value is -2.11. The number of nitrogens with zero attached hydrogens (tertiary/aromatic N) is 2. The molecule has 2 aromatic carbocycles. The molecule has 30 heavy (non-hydrogen) atoms. The highest BCUT2D eigenvalue weighted by atomic mass is 35.5. The maximum absolute atomic E-state index is 11.5. The Bertz CT molecular complexity index is 1030. The van der Waals surface area contributed by atoms with Crippen LogP contribution < -0.4 is 4.74 Å². The molecule has 1 aliphatic rings. The highest BCUT2D eigenvalue weighted by Gasteiger charge is 2.31. The number of likely N-dealkylation sites (tertiary alicyclic amines) is 1. The van der Waals surface area contributed by atoms with Crippen molar-refractivity contribution in [1.29, 1.82) is 5.26 Å². The number of halogens is 1. The first-order valence-corrected chi connectivity index (χ1v) is 12.0. The predicted octanol–water partition coefficient (Wildman–Crippen LogP) is 3.30. The Balaban J connectivity index is 1.55. The van der Waals surface area contributed by atoms with E-state index in [1.807, 2.05) is 0 Å². The fourth-order valence-corrected chi connectivity index (χ4v) is 4.59. The molecule has 1 aliphatic heterocycles. The Morgan fingerprint density at radius 3 is 2.60 bits per heavy atom. The minimum Gasteiger partial charge on any atom is -0.493 e. The van der Waals surface area contributed by atoms with Crippen molar-refractivity contribution in [1.82, 2.24) is 4.90 Å². The molecule has 3 rings (SSSR count). The molecule has 0 amide bonds. The molecule has 0 bridgehead atoms. The van der Waals surface area contributed by atoms with Crippen LogP contribution in [0.1, 0.15) is 24.2 Å². The van der Waals surface area contributed by atoms with E-state index in [4.69, 9.17) is 21.6 Å². The summed E-state index contributed by atoms with van der Waals surface area (Å²) in [6.45, 7) is 4.74. The van der Waals surface area contributed by atoms with Crippen LogP contribution in [0.3, 0.4) is 0 Å². The van der Waals surface area contributed by atoms with Crippen molar-refractivity contribution in [2.24, 2.45) is 11.8 Å². The molecular weight excluding hydrogens is 424 g/mol. The van der Waals surface area contributed by atoms with Crippen molar-refractivity contribution in [3.8, 4) is 11.8 Å². The van der Waals surface area contributed by atoms with Crippen molar-refractivity contribution in [3.05, 3.63) is 58.6 Å². The van der Waals surface area contributed by atoms with Crippen molar-refractivity contribution in [2.45, 2.75) is 17.9 Å². The van der Waals surface area contributed by atoms with Crippen LogP contribution in [-0.4, -0.2) is 50.9 Å². The number of hydrogen-bond donors (Lipinski definition) is 1. The minimum atomic E-state index is -3.22. The fraction of sp³-hybridized carbons (Fsp3) is 0.409. The normalized spacial score (nSPS) is 20.6. The molecule has 3 atom stereocenters. The third-order valence-corrected chi connectivity index (χ3v) is 6.77. The fourth-order valence-electron chi connectivity index (χ4n) is 3.71. The van der Waals surface area contributed by atoms with E-state index in [9.17, 15) is 13.5 Å². The van der Waals surface area contributed by atoms with Gasteiger partial charge in [-0.3, -0.25) is 4.90 Å². The minimum absolute atomic E-state index is 0.268. The number of rotatable bonds is 7. The lowest BCUT2D eigenvalue weighted by atomic mass is 9.99. The summed E-state index contributed by atoms with van der Waals surface area (Å²) in [5.74, 6) is 1.32. The number of nitriles is 1. The molecule has 0 aromatic heterocycles. The van der Waals surface area contributed by atoms with E-state index in [0.29, 0.717) is 46.9 Å². The summed E-state index contributed by atoms with van der Waals surface area (Å²) in [5, 5.41) is 20.1. The van der Waals surface area contributed by atoms with Crippen LogP contribution in [0.2, 0.25) is 5.02 Å². The van der Waals surface area contributed by atoms with Crippen molar-refractivity contribution in [2.75, 3.05) is 32.5 Å². The van der Waals surface area contributed by atoms with Crippen molar-refractivity contribution in [3.63, 3.8) is 0 Å². The smallest absolute Gasteiger partial charge is 0.175 e. The van der Waals surface area contributed by atoms with Crippen LogP contribution in [0.15, 0.2) is 47.4 Å². The number of ether oxygens (including phenoxy) is 1. The Morgan fingerprint density at radius 2 is 1.97 bits per heavy atom. The summed E-state index contributed by atoms with van der Waals surface area (Å²) in [6, 6.07) is 13.4. The monoisotopic (exact) mass is 448 g/mol. The van der Waals surface area contributed by atoms with Gasteiger partial charge < -0.3 is 9.84 Å². The van der Waals surface area contributed by atoms with E-state index < -0.39 is 15.9 Å². The van der Waals surface area contributed by atoms with E-state index in [1.54, 1.807) is 42.5 Å². The molecule has 0 spiro atoms. The lowest BCUT2D eigenvalue weighted by molar-refractivity contribution is 0.121. The van der Waals surface area contributed by atoms with E-state index in [0.717, 1.165) is 13.1 Å². The maximum Gasteiger partial charge on any atom is 0.175 e. The van der Waals surface area contributed by atoms with Crippen molar-refractivity contribution >= 4 is 21.4 Å². The molecule has 0 aliphatic carbocycles. The lowest BCUT2D eigenvalue weighted by Gasteiger charge is -2.21. The average molecular weight is 449 g/mol. The molecule has 8 heteroatoms. The molecule has 1 N–H and O–H groups in total. The Labute approximate surface area is 182 Å². The third-order valence-electron chi connectivity index (χ3n) is 5.42. The number of hydrogen-bond acceptors (Lipinski definition) is 6. The van der Waals surface area contributed by atoms with Gasteiger partial charge >= 0.3 is 0 Å². The summed E-state index contributed by atoms with van der Waals surface area (Å²) in [4.78, 5) is 2.45. The Morgan fingerprint density at radius 1 is 1.27 bits per heavy atom. The van der Waals surface area contributed by atoms with Gasteiger partial charge in [0.05, 0.1) is 29.2 Å². The summed E-state index contributed by atoms with van der Waals surface area (Å²) in [5.41, 5.74) is 1.07. The zero-order chi connectivity index (χ0) is 21.9. The molecule has 1 saturated heterocycles. The molecular formula is C22H25ClN2O4S. The first-order chi connectivity index (χ1) is 14.2. The second kappa shape index (κ2) is 9.36. The van der Waals surface area contributed by atoms with Gasteiger partial charge in [0.1, 0.15) is 5.75 Å². The maximum atomic E-state index is 11.5. The highest BCUT2D eigenvalue weighted by molar-refractivity contribution is 7.90. The standard InChI is InChI=1S/C22H25ClN2O4S/c1-15-11-25(13-22(26)17-7-16(10-24)8-19(23)9-17)12-18(15)14-29-20-3-5-21(6-4-20)30(2,27)28/h3-9,15,18,22,26H,11-14H2,1-2H3. The molecule has 3 unspecified atom stereocenters. The third kappa shape index (κ3) is 5.73. The second-order valence-electron chi connectivity index (χ2n) is 7.91. The van der Waals surface area contributed by atoms with E-state index >= 15 is 0 Å². The number of aliphatic hydroxyl groups is 1. The Kier molecular flexibility index (Phi) is 7.04. The molecule has 6 nitrogen and oxygen atoms in total. The van der Waals surface area contributed by atoms with Crippen LogP contribution in [0, 0.1) is 23.2 Å². The van der Waals surface area contributed by atoms with Gasteiger partial charge in [0.25, 0.3) is 0 Å². The molecule has 1 fully saturated rings. The van der Waals surface area contributed by atoms with Crippen LogP contribution in [0.4, 0.5) is 0 Å². The number of aliphatic hydroxyl groups excluding tert-OH is 1. The van der Waals surface area contributed by atoms with E-state index in [-0.39, 0.29) is 4.90 Å². The summed E-state index contributed by atoms with van der Waals surface area (Å²) in [6.07, 6.45) is 0.447. The molecule has 0 saturated carbocycles. The molecule has 2 aromatic rings. The molecule has 160 valence electrons. The van der Waals surface area contributed by atoms with Gasteiger partial charge in [0, 0.05) is 36.8 Å². The van der Waals surface area contributed by atoms with E-state index in [2.05, 4.69) is 17.9 Å². The number of β-amino-alcohol motifs (C(OH)–C–C–N with tert-alkyl or cyclic N) is 1. The van der Waals surface area contributed by atoms with Gasteiger partial charge in [-0.05, 0) is 53.9 Å². The van der Waals surface area contributed by atoms with Crippen molar-refractivity contribution < 1.29 is 18.3 Å². The topological polar surface area (TPSA) is 90.6 Å². The largest absolute Gasteiger partial charge is 0.493 e. The zero-order valence-corrected chi connectivity index (χ0v) is 18.5. The lowest BCUT2D eigenvalue weighted by Crippen LogP contribution is -2.27. The van der Waals surface area contributed by atoms with Gasteiger partial charge in [-0.25, -0.2) is 8.42 Å². The van der Waals surface area contributed by atoms with E-state index in [1.165, 1.54) is 6.26 Å². The zero-order valence-electron chi connectivity index (χ0n) is 17.0. The quantitative estimate of drug-likeness (QED) is 0.698. The van der Waals surface area contributed by atoms with Gasteiger partial charge in [-0.1, -0.05) is 18.5 Å². The average Bonchev–Trinajstić information content (AvgIpc) is 3.04. The van der Waals surface area contributed by atoms with Gasteiger partial charge in [-0.15, -0.1) is 0 Å². The second-order valence-corrected chi connectivity index (χ2v) is 10.4. The SMILES string of the molecule is CC1CN(CC(O)c2cc(Cl)cc(C#N)c2)CC1COc1ccc(S(C)(=O)=O)cc1. The summed E-state index contributed by atoms with van der Waals surface area (Å²) >= 11 is 6.04. The first kappa shape index (κ1) is 22.6.